The van der Waals surface area contributed by atoms with Crippen LogP contribution in [0.3, 0.4) is 0 Å². The normalized spacial score (nSPS) is 24.0. The fourth-order valence-corrected chi connectivity index (χ4v) is 3.51. The van der Waals surface area contributed by atoms with Crippen LogP contribution in [0.25, 0.3) is 0 Å². The molecular formula is C17H27BrN2. The maximum absolute atomic E-state index is 3.75. The number of nitrogens with one attached hydrogen (secondary N) is 1. The maximum atomic E-state index is 3.75. The van der Waals surface area contributed by atoms with Crippen LogP contribution in [-0.4, -0.2) is 24.0 Å². The molecule has 3 heteroatoms. The fourth-order valence-electron chi connectivity index (χ4n) is 2.96. The van der Waals surface area contributed by atoms with Crippen molar-refractivity contribution in [3.05, 3.63) is 33.8 Å². The molecule has 0 aliphatic carbocycles. The number of benzene rings is 1. The third-order valence-corrected chi connectivity index (χ3v) is 5.31. The Bertz CT molecular complexity index is 433. The summed E-state index contributed by atoms with van der Waals surface area (Å²) in [6.07, 6.45) is 2.71. The first-order chi connectivity index (χ1) is 9.61. The molecule has 1 aromatic rings. The molecule has 20 heavy (non-hydrogen) atoms. The summed E-state index contributed by atoms with van der Waals surface area (Å²) in [5.41, 5.74) is 2.76. The minimum Gasteiger partial charge on any atom is -0.313 e. The van der Waals surface area contributed by atoms with Gasteiger partial charge in [-0.05, 0) is 56.0 Å². The van der Waals surface area contributed by atoms with Crippen molar-refractivity contribution in [2.75, 3.05) is 13.1 Å². The van der Waals surface area contributed by atoms with Crippen LogP contribution in [0.5, 0.6) is 0 Å². The Morgan fingerprint density at radius 3 is 2.85 bits per heavy atom. The molecule has 0 saturated carbocycles. The van der Waals surface area contributed by atoms with Crippen LogP contribution < -0.4 is 5.32 Å². The molecule has 1 aliphatic heterocycles. The van der Waals surface area contributed by atoms with Crippen LogP contribution in [-0.2, 0) is 13.1 Å². The highest BCUT2D eigenvalue weighted by Gasteiger charge is 2.24. The van der Waals surface area contributed by atoms with Gasteiger partial charge in [0.05, 0.1) is 0 Å². The number of likely N-dealkylation sites (tertiary alicyclic amines) is 1. The molecule has 1 aromatic carbocycles. The molecule has 0 bridgehead atoms. The van der Waals surface area contributed by atoms with E-state index in [9.17, 15) is 0 Å². The Balaban J connectivity index is 2.02. The van der Waals surface area contributed by atoms with Gasteiger partial charge in [-0.1, -0.05) is 41.9 Å². The van der Waals surface area contributed by atoms with Crippen molar-refractivity contribution in [2.24, 2.45) is 5.92 Å². The van der Waals surface area contributed by atoms with Gasteiger partial charge in [0.2, 0.25) is 0 Å². The second-order valence-electron chi connectivity index (χ2n) is 6.04. The Hall–Kier alpha value is -0.380. The summed E-state index contributed by atoms with van der Waals surface area (Å²) >= 11 is 3.75. The zero-order chi connectivity index (χ0) is 14.5. The van der Waals surface area contributed by atoms with Crippen LogP contribution in [0.2, 0.25) is 0 Å². The van der Waals surface area contributed by atoms with Crippen LogP contribution in [0.4, 0.5) is 0 Å². The SMILES string of the molecule is CCNCc1ccc(CN2CCCC(C)C2C)c(Br)c1. The van der Waals surface area contributed by atoms with Gasteiger partial charge in [-0.25, -0.2) is 0 Å². The van der Waals surface area contributed by atoms with Gasteiger partial charge < -0.3 is 5.32 Å². The first-order valence-corrected chi connectivity index (χ1v) is 8.63. The van der Waals surface area contributed by atoms with Crippen molar-refractivity contribution in [2.45, 2.75) is 52.7 Å². The van der Waals surface area contributed by atoms with E-state index in [4.69, 9.17) is 0 Å². The van der Waals surface area contributed by atoms with Crippen LogP contribution in [0.15, 0.2) is 22.7 Å². The molecule has 1 fully saturated rings. The predicted octanol–water partition coefficient (Wildman–Crippen LogP) is 4.18. The summed E-state index contributed by atoms with van der Waals surface area (Å²) in [7, 11) is 0. The molecule has 1 heterocycles. The molecule has 2 unspecified atom stereocenters. The topological polar surface area (TPSA) is 15.3 Å². The van der Waals surface area contributed by atoms with E-state index < -0.39 is 0 Å². The lowest BCUT2D eigenvalue weighted by molar-refractivity contribution is 0.106. The molecule has 1 N–H and O–H groups in total. The number of hydrogen-bond acceptors (Lipinski definition) is 2. The number of piperidine rings is 1. The summed E-state index contributed by atoms with van der Waals surface area (Å²) in [5.74, 6) is 0.815. The predicted molar refractivity (Wildman–Crippen MR) is 89.8 cm³/mol. The molecule has 1 saturated heterocycles. The van der Waals surface area contributed by atoms with E-state index in [-0.39, 0.29) is 0 Å². The standard InChI is InChI=1S/C17H27BrN2/c1-4-19-11-15-7-8-16(17(18)10-15)12-20-9-5-6-13(2)14(20)3/h7-8,10,13-14,19H,4-6,9,11-12H2,1-3H3. The second-order valence-corrected chi connectivity index (χ2v) is 6.89. The highest BCUT2D eigenvalue weighted by Crippen LogP contribution is 2.27. The largest absolute Gasteiger partial charge is 0.313 e. The second kappa shape index (κ2) is 7.58. The van der Waals surface area contributed by atoms with Crippen molar-refractivity contribution in [3.8, 4) is 0 Å². The first kappa shape index (κ1) is 16.0. The quantitative estimate of drug-likeness (QED) is 0.866. The number of nitrogens with zero attached hydrogens (tertiary/aromatic N) is 1. The van der Waals surface area contributed by atoms with Gasteiger partial charge >= 0.3 is 0 Å². The molecule has 0 radical (unpaired) electrons. The molecule has 2 nitrogen and oxygen atoms in total. The van der Waals surface area contributed by atoms with Gasteiger partial charge in [-0.2, -0.15) is 0 Å². The lowest BCUT2D eigenvalue weighted by Gasteiger charge is -2.38. The number of halogens is 1. The summed E-state index contributed by atoms with van der Waals surface area (Å²) < 4.78 is 1.25. The van der Waals surface area contributed by atoms with Gasteiger partial charge in [-0.15, -0.1) is 0 Å². The Kier molecular flexibility index (Phi) is 6.06. The van der Waals surface area contributed by atoms with Crippen LogP contribution in [0, 0.1) is 5.92 Å². The van der Waals surface area contributed by atoms with E-state index in [0.29, 0.717) is 6.04 Å². The van der Waals surface area contributed by atoms with Crippen LogP contribution >= 0.6 is 15.9 Å². The molecule has 1 aliphatic rings. The molecule has 112 valence electrons. The summed E-state index contributed by atoms with van der Waals surface area (Å²) in [5, 5.41) is 3.37. The maximum Gasteiger partial charge on any atom is 0.0247 e. The average molecular weight is 339 g/mol. The third-order valence-electron chi connectivity index (χ3n) is 4.57. The van der Waals surface area contributed by atoms with E-state index in [1.54, 1.807) is 0 Å². The highest BCUT2D eigenvalue weighted by atomic mass is 79.9. The molecule has 0 amide bonds. The van der Waals surface area contributed by atoms with Gasteiger partial charge in [0.15, 0.2) is 0 Å². The van der Waals surface area contributed by atoms with Gasteiger partial charge in [-0.3, -0.25) is 4.90 Å². The lowest BCUT2D eigenvalue weighted by atomic mass is 9.91. The van der Waals surface area contributed by atoms with Crippen molar-refractivity contribution < 1.29 is 0 Å². The Morgan fingerprint density at radius 2 is 2.15 bits per heavy atom. The minimum atomic E-state index is 0.692. The Morgan fingerprint density at radius 1 is 1.35 bits per heavy atom. The summed E-state index contributed by atoms with van der Waals surface area (Å²) in [6, 6.07) is 7.48. The first-order valence-electron chi connectivity index (χ1n) is 7.84. The van der Waals surface area contributed by atoms with Crippen LogP contribution in [0.1, 0.15) is 44.7 Å². The van der Waals surface area contributed by atoms with E-state index in [1.807, 2.05) is 0 Å². The molecule has 0 spiro atoms. The van der Waals surface area contributed by atoms with Gasteiger partial charge in [0.25, 0.3) is 0 Å². The van der Waals surface area contributed by atoms with Gasteiger partial charge in [0, 0.05) is 23.6 Å². The zero-order valence-corrected chi connectivity index (χ0v) is 14.5. The van der Waals surface area contributed by atoms with E-state index in [2.05, 4.69) is 65.1 Å². The highest BCUT2D eigenvalue weighted by molar-refractivity contribution is 9.10. The zero-order valence-electron chi connectivity index (χ0n) is 13.0. The Labute approximate surface area is 132 Å². The molecule has 2 atom stereocenters. The fraction of sp³-hybridized carbons (Fsp3) is 0.647. The molecular weight excluding hydrogens is 312 g/mol. The molecule has 2 rings (SSSR count). The van der Waals surface area contributed by atoms with Crippen molar-refractivity contribution in [3.63, 3.8) is 0 Å². The van der Waals surface area contributed by atoms with E-state index in [1.165, 1.54) is 35.0 Å². The van der Waals surface area contributed by atoms with Crippen molar-refractivity contribution in [1.29, 1.82) is 0 Å². The summed E-state index contributed by atoms with van der Waals surface area (Å²) in [4.78, 5) is 2.62. The monoisotopic (exact) mass is 338 g/mol. The average Bonchev–Trinajstić information content (AvgIpc) is 2.44. The van der Waals surface area contributed by atoms with E-state index in [0.717, 1.165) is 25.6 Å². The van der Waals surface area contributed by atoms with Crippen molar-refractivity contribution >= 4 is 15.9 Å². The smallest absolute Gasteiger partial charge is 0.0247 e. The number of rotatable bonds is 5. The number of hydrogen-bond donors (Lipinski definition) is 1. The molecule has 0 aromatic heterocycles. The van der Waals surface area contributed by atoms with Gasteiger partial charge in [0.1, 0.15) is 0 Å². The van der Waals surface area contributed by atoms with E-state index >= 15 is 0 Å². The third kappa shape index (κ3) is 4.06. The minimum absolute atomic E-state index is 0.692. The lowest BCUT2D eigenvalue weighted by Crippen LogP contribution is -2.41. The van der Waals surface area contributed by atoms with Crippen molar-refractivity contribution in [1.82, 2.24) is 10.2 Å². The summed E-state index contributed by atoms with van der Waals surface area (Å²) in [6.45, 7) is 11.2.